The number of hydrogen-bond donors (Lipinski definition) is 2. The summed E-state index contributed by atoms with van der Waals surface area (Å²) in [4.78, 5) is 28.2. The van der Waals surface area contributed by atoms with Crippen molar-refractivity contribution in [1.82, 2.24) is 14.9 Å². The number of hydrogen-bond acceptors (Lipinski definition) is 5. The summed E-state index contributed by atoms with van der Waals surface area (Å²) in [5, 5.41) is 6.46. The van der Waals surface area contributed by atoms with E-state index in [0.717, 1.165) is 42.6 Å². The van der Waals surface area contributed by atoms with E-state index in [0.29, 0.717) is 31.6 Å². The number of carbonyl (C=O) groups is 2. The van der Waals surface area contributed by atoms with E-state index in [1.54, 1.807) is 30.3 Å². The lowest BCUT2D eigenvalue weighted by Crippen LogP contribution is -2.36. The van der Waals surface area contributed by atoms with Gasteiger partial charge >= 0.3 is 0 Å². The van der Waals surface area contributed by atoms with Crippen LogP contribution in [-0.2, 0) is 27.8 Å². The summed E-state index contributed by atoms with van der Waals surface area (Å²) >= 11 is 0. The Morgan fingerprint density at radius 1 is 1.00 bits per heavy atom. The van der Waals surface area contributed by atoms with E-state index in [9.17, 15) is 18.0 Å². The SMILES string of the molecule is CC(C)C(=O)N1CCCCCCCNCc2cc(C(=O)NCCc3ccc(S(=O)(=O)N(C)C)cc3)ccc21. The quantitative estimate of drug-likeness (QED) is 0.552. The molecule has 0 spiro atoms. The molecule has 0 fully saturated rings. The van der Waals surface area contributed by atoms with Crippen molar-refractivity contribution in [2.75, 3.05) is 38.6 Å². The van der Waals surface area contributed by atoms with Crippen LogP contribution in [0.15, 0.2) is 47.4 Å². The fourth-order valence-corrected chi connectivity index (χ4v) is 5.43. The second-order valence-electron chi connectivity index (χ2n) is 10.4. The van der Waals surface area contributed by atoms with Crippen LogP contribution < -0.4 is 15.5 Å². The van der Waals surface area contributed by atoms with Gasteiger partial charge in [0.1, 0.15) is 0 Å². The molecule has 1 heterocycles. The van der Waals surface area contributed by atoms with Crippen molar-refractivity contribution in [3.05, 3.63) is 59.2 Å². The van der Waals surface area contributed by atoms with Gasteiger partial charge in [0.2, 0.25) is 15.9 Å². The van der Waals surface area contributed by atoms with Gasteiger partial charge in [-0.25, -0.2) is 12.7 Å². The smallest absolute Gasteiger partial charge is 0.251 e. The standard InChI is InChI=1S/C29H42N4O4S/c1-22(2)29(35)33-19-9-7-5-6-8-17-30-21-25-20-24(12-15-27(25)33)28(34)31-18-16-23-10-13-26(14-11-23)38(36,37)32(3)4/h10-15,20,22,30H,5-9,16-19,21H2,1-4H3,(H,31,34). The zero-order valence-corrected chi connectivity index (χ0v) is 23.9. The van der Waals surface area contributed by atoms with Gasteiger partial charge in [-0.05, 0) is 67.3 Å². The summed E-state index contributed by atoms with van der Waals surface area (Å²) in [5.41, 5.74) is 3.32. The van der Waals surface area contributed by atoms with Crippen molar-refractivity contribution in [3.8, 4) is 0 Å². The molecule has 0 atom stereocenters. The molecule has 3 rings (SSSR count). The molecule has 2 N–H and O–H groups in total. The Bertz CT molecular complexity index is 1190. The molecule has 0 bridgehead atoms. The van der Waals surface area contributed by atoms with Crippen LogP contribution in [0, 0.1) is 5.92 Å². The maximum Gasteiger partial charge on any atom is 0.251 e. The van der Waals surface area contributed by atoms with Crippen molar-refractivity contribution in [2.45, 2.75) is 63.8 Å². The van der Waals surface area contributed by atoms with Crippen LogP contribution in [0.2, 0.25) is 0 Å². The summed E-state index contributed by atoms with van der Waals surface area (Å²) in [7, 11) is -0.456. The average molecular weight is 543 g/mol. The Hall–Kier alpha value is -2.75. The van der Waals surface area contributed by atoms with Gasteiger partial charge in [-0.3, -0.25) is 9.59 Å². The molecule has 2 amide bonds. The van der Waals surface area contributed by atoms with Crippen LogP contribution in [0.5, 0.6) is 0 Å². The van der Waals surface area contributed by atoms with Crippen LogP contribution in [-0.4, -0.2) is 58.3 Å². The van der Waals surface area contributed by atoms with Crippen LogP contribution in [0.25, 0.3) is 0 Å². The molecule has 2 aromatic rings. The Labute approximate surface area is 227 Å². The van der Waals surface area contributed by atoms with Crippen molar-refractivity contribution < 1.29 is 18.0 Å². The number of sulfonamides is 1. The highest BCUT2D eigenvalue weighted by Crippen LogP contribution is 2.25. The zero-order chi connectivity index (χ0) is 27.7. The number of anilines is 1. The number of fused-ring (bicyclic) bond motifs is 1. The molecule has 0 radical (unpaired) electrons. The summed E-state index contributed by atoms with van der Waals surface area (Å²) in [6.07, 6.45) is 6.12. The van der Waals surface area contributed by atoms with Crippen molar-refractivity contribution in [3.63, 3.8) is 0 Å². The van der Waals surface area contributed by atoms with Crippen molar-refractivity contribution >= 4 is 27.5 Å². The number of carbonyl (C=O) groups excluding carboxylic acids is 2. The average Bonchev–Trinajstić information content (AvgIpc) is 2.88. The van der Waals surface area contributed by atoms with Crippen LogP contribution in [0.3, 0.4) is 0 Å². The number of nitrogens with zero attached hydrogens (tertiary/aromatic N) is 2. The lowest BCUT2D eigenvalue weighted by atomic mass is 10.0. The van der Waals surface area contributed by atoms with E-state index in [4.69, 9.17) is 0 Å². The zero-order valence-electron chi connectivity index (χ0n) is 23.1. The Balaban J connectivity index is 1.71. The van der Waals surface area contributed by atoms with Gasteiger partial charge in [0.15, 0.2) is 0 Å². The van der Waals surface area contributed by atoms with Gasteiger partial charge in [-0.15, -0.1) is 0 Å². The highest BCUT2D eigenvalue weighted by atomic mass is 32.2. The van der Waals surface area contributed by atoms with Crippen LogP contribution >= 0.6 is 0 Å². The predicted molar refractivity (Wildman–Crippen MR) is 152 cm³/mol. The molecule has 1 aliphatic rings. The maximum atomic E-state index is 13.1. The molecule has 8 nitrogen and oxygen atoms in total. The minimum atomic E-state index is -3.46. The second kappa shape index (κ2) is 13.9. The lowest BCUT2D eigenvalue weighted by molar-refractivity contribution is -0.121. The first-order chi connectivity index (χ1) is 18.1. The Morgan fingerprint density at radius 3 is 2.37 bits per heavy atom. The van der Waals surface area contributed by atoms with Gasteiger partial charge in [-0.2, -0.15) is 0 Å². The second-order valence-corrected chi connectivity index (χ2v) is 12.5. The highest BCUT2D eigenvalue weighted by Gasteiger charge is 2.22. The molecule has 1 aliphatic heterocycles. The molecule has 0 saturated heterocycles. The van der Waals surface area contributed by atoms with Crippen molar-refractivity contribution in [1.29, 1.82) is 0 Å². The minimum Gasteiger partial charge on any atom is -0.352 e. The third kappa shape index (κ3) is 7.88. The summed E-state index contributed by atoms with van der Waals surface area (Å²) in [6.45, 7) is 6.46. The molecule has 38 heavy (non-hydrogen) atoms. The first kappa shape index (κ1) is 29.8. The monoisotopic (exact) mass is 542 g/mol. The number of benzene rings is 2. The summed E-state index contributed by atoms with van der Waals surface area (Å²) in [5.74, 6) is -0.180. The van der Waals surface area contributed by atoms with E-state index in [-0.39, 0.29) is 22.6 Å². The Morgan fingerprint density at radius 2 is 1.68 bits per heavy atom. The molecule has 0 unspecified atom stereocenters. The third-order valence-corrected chi connectivity index (χ3v) is 8.67. The van der Waals surface area contributed by atoms with Crippen LogP contribution in [0.4, 0.5) is 5.69 Å². The molecule has 9 heteroatoms. The fourth-order valence-electron chi connectivity index (χ4n) is 4.53. The molecular weight excluding hydrogens is 500 g/mol. The van der Waals surface area contributed by atoms with Crippen molar-refractivity contribution in [2.24, 2.45) is 5.92 Å². The number of amides is 2. The first-order valence-corrected chi connectivity index (χ1v) is 15.0. The summed E-state index contributed by atoms with van der Waals surface area (Å²) < 4.78 is 25.7. The van der Waals surface area contributed by atoms with Gasteiger partial charge in [0.05, 0.1) is 4.90 Å². The normalized spacial score (nSPS) is 15.5. The van der Waals surface area contributed by atoms with Gasteiger partial charge in [-0.1, -0.05) is 45.2 Å². The van der Waals surface area contributed by atoms with Crippen LogP contribution in [0.1, 0.15) is 67.4 Å². The third-order valence-electron chi connectivity index (χ3n) is 6.84. The molecule has 0 aliphatic carbocycles. The van der Waals surface area contributed by atoms with E-state index >= 15 is 0 Å². The molecule has 2 aromatic carbocycles. The number of nitrogens with one attached hydrogen (secondary N) is 2. The van der Waals surface area contributed by atoms with Gasteiger partial charge in [0, 0.05) is 50.9 Å². The van der Waals surface area contributed by atoms with E-state index in [2.05, 4.69) is 10.6 Å². The van der Waals surface area contributed by atoms with Gasteiger partial charge < -0.3 is 15.5 Å². The number of rotatable bonds is 7. The summed E-state index contributed by atoms with van der Waals surface area (Å²) in [6, 6.07) is 12.3. The minimum absolute atomic E-state index is 0.102. The lowest BCUT2D eigenvalue weighted by Gasteiger charge is -2.28. The van der Waals surface area contributed by atoms with E-state index in [1.165, 1.54) is 31.2 Å². The first-order valence-electron chi connectivity index (χ1n) is 13.6. The largest absolute Gasteiger partial charge is 0.352 e. The fraction of sp³-hybridized carbons (Fsp3) is 0.517. The Kier molecular flexibility index (Phi) is 10.9. The topological polar surface area (TPSA) is 98.8 Å². The van der Waals surface area contributed by atoms with Gasteiger partial charge in [0.25, 0.3) is 5.91 Å². The van der Waals surface area contributed by atoms with E-state index in [1.807, 2.05) is 30.9 Å². The molecule has 208 valence electrons. The predicted octanol–water partition coefficient (Wildman–Crippen LogP) is 3.95. The highest BCUT2D eigenvalue weighted by molar-refractivity contribution is 7.89. The molecule has 0 aromatic heterocycles. The van der Waals surface area contributed by atoms with E-state index < -0.39 is 10.0 Å². The molecular formula is C29H42N4O4S. The maximum absolute atomic E-state index is 13.1. The molecule has 0 saturated carbocycles.